The molecule has 1 unspecified atom stereocenters. The van der Waals surface area contributed by atoms with Crippen LogP contribution in [0.1, 0.15) is 30.4 Å². The molecule has 1 saturated heterocycles. The Bertz CT molecular complexity index is 873. The zero-order valence-electron chi connectivity index (χ0n) is 15.0. The minimum absolute atomic E-state index is 0.239. The van der Waals surface area contributed by atoms with Gasteiger partial charge in [-0.1, -0.05) is 48.5 Å². The average molecular weight is 362 g/mol. The van der Waals surface area contributed by atoms with Crippen molar-refractivity contribution < 1.29 is 9.59 Å². The van der Waals surface area contributed by atoms with Gasteiger partial charge >= 0.3 is 6.03 Å². The number of hydrogen-bond acceptors (Lipinski definition) is 3. The lowest BCUT2D eigenvalue weighted by atomic mass is 10.0. The van der Waals surface area contributed by atoms with Crippen LogP contribution in [0.4, 0.5) is 10.5 Å². The van der Waals surface area contributed by atoms with Gasteiger partial charge in [0.15, 0.2) is 0 Å². The molecule has 1 atom stereocenters. The number of benzene rings is 2. The third kappa shape index (κ3) is 3.69. The van der Waals surface area contributed by atoms with E-state index in [1.165, 1.54) is 0 Å². The highest BCUT2D eigenvalue weighted by molar-refractivity contribution is 6.19. The predicted octanol–water partition coefficient (Wildman–Crippen LogP) is 3.00. The van der Waals surface area contributed by atoms with Gasteiger partial charge in [-0.25, -0.2) is 9.79 Å². The number of likely N-dealkylation sites (tertiary alicyclic amines) is 1. The van der Waals surface area contributed by atoms with Crippen molar-refractivity contribution in [2.24, 2.45) is 4.99 Å². The van der Waals surface area contributed by atoms with Crippen LogP contribution in [-0.4, -0.2) is 41.8 Å². The van der Waals surface area contributed by atoms with Crippen molar-refractivity contribution in [3.05, 3.63) is 65.7 Å². The number of carbonyl (C=O) groups excluding carboxylic acids is 2. The summed E-state index contributed by atoms with van der Waals surface area (Å²) < 4.78 is 0. The molecule has 138 valence electrons. The maximum atomic E-state index is 12.7. The van der Waals surface area contributed by atoms with E-state index in [-0.39, 0.29) is 11.9 Å². The molecule has 2 heterocycles. The zero-order chi connectivity index (χ0) is 18.6. The van der Waals surface area contributed by atoms with Crippen LogP contribution < -0.4 is 10.6 Å². The van der Waals surface area contributed by atoms with E-state index in [1.54, 1.807) is 4.90 Å². The van der Waals surface area contributed by atoms with Crippen LogP contribution in [-0.2, 0) is 4.79 Å². The topological polar surface area (TPSA) is 73.8 Å². The lowest BCUT2D eigenvalue weighted by Crippen LogP contribution is -2.50. The molecule has 2 aliphatic heterocycles. The monoisotopic (exact) mass is 362 g/mol. The Kier molecular flexibility index (Phi) is 4.87. The Hall–Kier alpha value is -3.15. The molecule has 6 nitrogen and oxygen atoms in total. The molecule has 0 spiro atoms. The number of piperidine rings is 1. The van der Waals surface area contributed by atoms with Crippen molar-refractivity contribution in [3.8, 4) is 0 Å². The van der Waals surface area contributed by atoms with Crippen molar-refractivity contribution in [2.75, 3.05) is 18.4 Å². The first-order valence-electron chi connectivity index (χ1n) is 9.31. The van der Waals surface area contributed by atoms with Gasteiger partial charge in [-0.3, -0.25) is 4.79 Å². The maximum Gasteiger partial charge on any atom is 0.319 e. The first-order chi connectivity index (χ1) is 13.2. The smallest absolute Gasteiger partial charge is 0.319 e. The fourth-order valence-electron chi connectivity index (χ4n) is 3.49. The normalized spacial score (nSPS) is 19.4. The number of fused-ring (bicyclic) bond motifs is 1. The minimum Gasteiger partial charge on any atom is -0.325 e. The highest BCUT2D eigenvalue weighted by Gasteiger charge is 2.28. The number of para-hydroxylation sites is 1. The van der Waals surface area contributed by atoms with E-state index in [9.17, 15) is 9.59 Å². The number of carbonyl (C=O) groups is 2. The molecule has 3 amide bonds. The standard InChI is InChI=1S/C21H22N4O2/c26-20-19(24-21(27)25-13-7-2-8-14-25)23-18(15-9-3-1-4-10-15)16-11-5-6-12-17(16)22-20/h1,3-6,9-12,19H,2,7-8,13-14H2,(H,22,26)(H,24,27). The van der Waals surface area contributed by atoms with E-state index in [0.717, 1.165) is 43.5 Å². The van der Waals surface area contributed by atoms with Crippen molar-refractivity contribution in [1.29, 1.82) is 0 Å². The number of aliphatic imine (C=N–C) groups is 1. The van der Waals surface area contributed by atoms with E-state index in [1.807, 2.05) is 54.6 Å². The van der Waals surface area contributed by atoms with Crippen LogP contribution in [0.25, 0.3) is 0 Å². The SMILES string of the molecule is O=C1Nc2ccccc2C(c2ccccc2)=NC1NC(=O)N1CCCCC1. The largest absolute Gasteiger partial charge is 0.325 e. The number of nitrogens with zero attached hydrogens (tertiary/aromatic N) is 2. The lowest BCUT2D eigenvalue weighted by Gasteiger charge is -2.28. The Morgan fingerprint density at radius 3 is 2.48 bits per heavy atom. The number of nitrogens with one attached hydrogen (secondary N) is 2. The molecule has 4 rings (SSSR count). The molecule has 0 saturated carbocycles. The number of benzodiazepines with no additional fused rings is 1. The van der Waals surface area contributed by atoms with Gasteiger partial charge in [-0.2, -0.15) is 0 Å². The van der Waals surface area contributed by atoms with E-state index in [2.05, 4.69) is 15.6 Å². The summed E-state index contributed by atoms with van der Waals surface area (Å²) in [6.07, 6.45) is 2.16. The summed E-state index contributed by atoms with van der Waals surface area (Å²) in [6.45, 7) is 1.44. The third-order valence-corrected chi connectivity index (χ3v) is 4.90. The van der Waals surface area contributed by atoms with E-state index < -0.39 is 6.17 Å². The van der Waals surface area contributed by atoms with Gasteiger partial charge in [-0.05, 0) is 25.3 Å². The van der Waals surface area contributed by atoms with Crippen LogP contribution in [0.5, 0.6) is 0 Å². The van der Waals surface area contributed by atoms with Gasteiger partial charge in [0.1, 0.15) is 0 Å². The second-order valence-electron chi connectivity index (χ2n) is 6.78. The van der Waals surface area contributed by atoms with Crippen LogP contribution in [0.3, 0.4) is 0 Å². The number of hydrogen-bond donors (Lipinski definition) is 2. The summed E-state index contributed by atoms with van der Waals surface area (Å²) in [4.78, 5) is 31.7. The Labute approximate surface area is 158 Å². The summed E-state index contributed by atoms with van der Waals surface area (Å²) in [7, 11) is 0. The first kappa shape index (κ1) is 17.3. The predicted molar refractivity (Wildman–Crippen MR) is 105 cm³/mol. The molecule has 2 N–H and O–H groups in total. The van der Waals surface area contributed by atoms with Gasteiger partial charge in [0.25, 0.3) is 5.91 Å². The third-order valence-electron chi connectivity index (χ3n) is 4.90. The van der Waals surface area contributed by atoms with Crippen LogP contribution in [0.2, 0.25) is 0 Å². The molecule has 0 bridgehead atoms. The van der Waals surface area contributed by atoms with Crippen molar-refractivity contribution in [1.82, 2.24) is 10.2 Å². The Balaban J connectivity index is 1.68. The average Bonchev–Trinajstić information content (AvgIpc) is 2.86. The molecule has 2 aromatic rings. The maximum absolute atomic E-state index is 12.7. The van der Waals surface area contributed by atoms with Crippen LogP contribution in [0.15, 0.2) is 59.6 Å². The quantitative estimate of drug-likeness (QED) is 0.862. The molecule has 0 radical (unpaired) electrons. The van der Waals surface area contributed by atoms with Crippen LogP contribution in [0, 0.1) is 0 Å². The Morgan fingerprint density at radius 2 is 1.70 bits per heavy atom. The van der Waals surface area contributed by atoms with Gasteiger partial charge in [0, 0.05) is 24.2 Å². The highest BCUT2D eigenvalue weighted by atomic mass is 16.2. The number of urea groups is 1. The fraction of sp³-hybridized carbons (Fsp3) is 0.286. The van der Waals surface area contributed by atoms with E-state index >= 15 is 0 Å². The van der Waals surface area contributed by atoms with Gasteiger partial charge < -0.3 is 15.5 Å². The first-order valence-corrected chi connectivity index (χ1v) is 9.31. The molecule has 1 fully saturated rings. The molecule has 0 aliphatic carbocycles. The summed E-state index contributed by atoms with van der Waals surface area (Å²) in [5.74, 6) is -0.334. The van der Waals surface area contributed by atoms with Gasteiger partial charge in [0.2, 0.25) is 6.17 Å². The molecule has 0 aromatic heterocycles. The van der Waals surface area contributed by atoms with Crippen LogP contribution >= 0.6 is 0 Å². The molecule has 6 heteroatoms. The summed E-state index contributed by atoms with van der Waals surface area (Å²) in [6, 6.07) is 17.0. The zero-order valence-corrected chi connectivity index (χ0v) is 15.0. The number of amides is 3. The van der Waals surface area contributed by atoms with Gasteiger partial charge in [0.05, 0.1) is 11.4 Å². The second kappa shape index (κ2) is 7.61. The van der Waals surface area contributed by atoms with Crippen molar-refractivity contribution >= 4 is 23.3 Å². The summed E-state index contributed by atoms with van der Waals surface area (Å²) in [5, 5.41) is 5.69. The molecule has 27 heavy (non-hydrogen) atoms. The molecule has 2 aromatic carbocycles. The molecular formula is C21H22N4O2. The summed E-state index contributed by atoms with van der Waals surface area (Å²) >= 11 is 0. The molecule has 2 aliphatic rings. The second-order valence-corrected chi connectivity index (χ2v) is 6.78. The van der Waals surface area contributed by atoms with E-state index in [4.69, 9.17) is 0 Å². The number of anilines is 1. The molecular weight excluding hydrogens is 340 g/mol. The number of rotatable bonds is 2. The van der Waals surface area contributed by atoms with Gasteiger partial charge in [-0.15, -0.1) is 0 Å². The lowest BCUT2D eigenvalue weighted by molar-refractivity contribution is -0.117. The highest BCUT2D eigenvalue weighted by Crippen LogP contribution is 2.23. The summed E-state index contributed by atoms with van der Waals surface area (Å²) in [5.41, 5.74) is 3.12. The minimum atomic E-state index is -0.970. The van der Waals surface area contributed by atoms with Crippen molar-refractivity contribution in [2.45, 2.75) is 25.4 Å². The fourth-order valence-corrected chi connectivity index (χ4v) is 3.49. The Morgan fingerprint density at radius 1 is 1.00 bits per heavy atom. The van der Waals surface area contributed by atoms with E-state index in [0.29, 0.717) is 11.4 Å². The van der Waals surface area contributed by atoms with Crippen molar-refractivity contribution in [3.63, 3.8) is 0 Å².